The van der Waals surface area contributed by atoms with Crippen LogP contribution < -0.4 is 5.32 Å². The van der Waals surface area contributed by atoms with Crippen LogP contribution in [-0.4, -0.2) is 22.1 Å². The van der Waals surface area contributed by atoms with Crippen LogP contribution in [0.5, 0.6) is 0 Å². The average Bonchev–Trinajstić information content (AvgIpc) is 2.56. The fraction of sp³-hybridized carbons (Fsp3) is 0.188. The Balaban J connectivity index is 0.00000139. The molecule has 2 rings (SSSR count). The number of nitrogens with one attached hydrogen (secondary N) is 1. The number of hydrogen-bond donors (Lipinski definition) is 1. The van der Waals surface area contributed by atoms with E-state index in [1.165, 1.54) is 25.3 Å². The van der Waals surface area contributed by atoms with Crippen LogP contribution in [0.15, 0.2) is 30.5 Å². The van der Waals surface area contributed by atoms with E-state index >= 15 is 0 Å². The summed E-state index contributed by atoms with van der Waals surface area (Å²) in [6.45, 7) is 5.28. The summed E-state index contributed by atoms with van der Waals surface area (Å²) in [6, 6.07) is 4.43. The first-order valence-electron chi connectivity index (χ1n) is 7.09. The Morgan fingerprint density at radius 1 is 1.29 bits per heavy atom. The summed E-state index contributed by atoms with van der Waals surface area (Å²) in [7, 11) is 0. The van der Waals surface area contributed by atoms with Crippen LogP contribution in [0.25, 0.3) is 11.1 Å². The van der Waals surface area contributed by atoms with Gasteiger partial charge in [-0.3, -0.25) is 19.7 Å². The van der Waals surface area contributed by atoms with Crippen LogP contribution in [0.3, 0.4) is 0 Å². The predicted octanol–water partition coefficient (Wildman–Crippen LogP) is 3.59. The number of carbonyl (C=O) groups excluding carboxylic acids is 2. The number of anilines is 1. The van der Waals surface area contributed by atoms with Crippen molar-refractivity contribution < 1.29 is 18.9 Å². The SMILES string of the molecule is CC.CC(=O)Nc1cc(-c2ccc([N+](=O)[O-])cc2F)c(C=O)cn1. The lowest BCUT2D eigenvalue weighted by Crippen LogP contribution is -2.08. The Morgan fingerprint density at radius 2 is 1.96 bits per heavy atom. The number of rotatable bonds is 4. The Kier molecular flexibility index (Phi) is 6.66. The largest absolute Gasteiger partial charge is 0.311 e. The molecule has 7 nitrogen and oxygen atoms in total. The summed E-state index contributed by atoms with van der Waals surface area (Å²) in [6.07, 6.45) is 1.68. The summed E-state index contributed by atoms with van der Waals surface area (Å²) in [5.41, 5.74) is -0.116. The first-order valence-corrected chi connectivity index (χ1v) is 7.09. The van der Waals surface area contributed by atoms with E-state index in [1.54, 1.807) is 0 Å². The molecular weight excluding hydrogens is 317 g/mol. The van der Waals surface area contributed by atoms with E-state index in [0.29, 0.717) is 6.29 Å². The molecule has 2 aromatic rings. The molecular formula is C16H16FN3O4. The monoisotopic (exact) mass is 333 g/mol. The van der Waals surface area contributed by atoms with Crippen LogP contribution in [0, 0.1) is 15.9 Å². The number of halogens is 1. The minimum absolute atomic E-state index is 0.00158. The lowest BCUT2D eigenvalue weighted by Gasteiger charge is -2.09. The number of aromatic nitrogens is 1. The molecule has 126 valence electrons. The predicted molar refractivity (Wildman–Crippen MR) is 87.3 cm³/mol. The lowest BCUT2D eigenvalue weighted by atomic mass is 10.0. The van der Waals surface area contributed by atoms with Crippen molar-refractivity contribution in [3.63, 3.8) is 0 Å². The number of aldehydes is 1. The molecule has 0 aliphatic rings. The molecule has 0 aliphatic heterocycles. The van der Waals surface area contributed by atoms with Gasteiger partial charge in [0.25, 0.3) is 5.69 Å². The van der Waals surface area contributed by atoms with Gasteiger partial charge in [-0.25, -0.2) is 9.37 Å². The molecule has 1 aromatic carbocycles. The fourth-order valence-corrected chi connectivity index (χ4v) is 1.88. The summed E-state index contributed by atoms with van der Waals surface area (Å²) < 4.78 is 14.1. The molecule has 8 heteroatoms. The zero-order chi connectivity index (χ0) is 18.3. The zero-order valence-electron chi connectivity index (χ0n) is 13.4. The van der Waals surface area contributed by atoms with Crippen LogP contribution in [0.4, 0.5) is 15.9 Å². The van der Waals surface area contributed by atoms with E-state index in [0.717, 1.165) is 12.1 Å². The topological polar surface area (TPSA) is 102 Å². The van der Waals surface area contributed by atoms with Gasteiger partial charge in [-0.1, -0.05) is 13.8 Å². The van der Waals surface area contributed by atoms with Crippen LogP contribution >= 0.6 is 0 Å². The van der Waals surface area contributed by atoms with E-state index in [-0.39, 0.29) is 28.4 Å². The summed E-state index contributed by atoms with van der Waals surface area (Å²) in [5.74, 6) is -1.08. The number of hydrogen-bond acceptors (Lipinski definition) is 5. The van der Waals surface area contributed by atoms with Gasteiger partial charge in [0.15, 0.2) is 6.29 Å². The van der Waals surface area contributed by atoms with E-state index in [4.69, 9.17) is 0 Å². The van der Waals surface area contributed by atoms with Crippen LogP contribution in [-0.2, 0) is 4.79 Å². The van der Waals surface area contributed by atoms with Gasteiger partial charge in [0.05, 0.1) is 11.0 Å². The van der Waals surface area contributed by atoms with Gasteiger partial charge in [-0.2, -0.15) is 0 Å². The summed E-state index contributed by atoms with van der Waals surface area (Å²) in [5, 5.41) is 13.0. The highest BCUT2D eigenvalue weighted by Gasteiger charge is 2.15. The Bertz CT molecular complexity index is 778. The highest BCUT2D eigenvalue weighted by molar-refractivity contribution is 5.92. The van der Waals surface area contributed by atoms with E-state index in [9.17, 15) is 24.1 Å². The normalized spacial score (nSPS) is 9.50. The minimum Gasteiger partial charge on any atom is -0.311 e. The number of carbonyl (C=O) groups is 2. The number of benzene rings is 1. The van der Waals surface area contributed by atoms with Gasteiger partial charge in [-0.15, -0.1) is 0 Å². The van der Waals surface area contributed by atoms with Crippen molar-refractivity contribution in [1.82, 2.24) is 4.98 Å². The van der Waals surface area contributed by atoms with Gasteiger partial charge < -0.3 is 5.32 Å². The number of amides is 1. The molecule has 0 radical (unpaired) electrons. The number of non-ortho nitro benzene ring substituents is 1. The van der Waals surface area contributed by atoms with Crippen molar-refractivity contribution in [3.8, 4) is 11.1 Å². The molecule has 0 atom stereocenters. The molecule has 0 fully saturated rings. The maximum Gasteiger partial charge on any atom is 0.272 e. The van der Waals surface area contributed by atoms with E-state index in [2.05, 4.69) is 10.3 Å². The molecule has 1 amide bonds. The Labute approximate surface area is 137 Å². The zero-order valence-corrected chi connectivity index (χ0v) is 13.4. The molecule has 0 bridgehead atoms. The van der Waals surface area contributed by atoms with Gasteiger partial charge in [0, 0.05) is 35.9 Å². The standard InChI is InChI=1S/C14H10FN3O4.C2H6/c1-8(20)17-14-5-12(9(7-19)6-16-14)11-3-2-10(18(21)22)4-13(11)15;1-2/h2-7H,1H3,(H,16,17,20);1-2H3. The molecule has 1 N–H and O–H groups in total. The molecule has 0 unspecified atom stereocenters. The number of nitro benzene ring substituents is 1. The second-order valence-electron chi connectivity index (χ2n) is 4.38. The van der Waals surface area contributed by atoms with Gasteiger partial charge in [-0.05, 0) is 12.1 Å². The molecule has 0 aliphatic carbocycles. The third kappa shape index (κ3) is 4.42. The van der Waals surface area contributed by atoms with Crippen molar-refractivity contribution in [2.45, 2.75) is 20.8 Å². The second-order valence-corrected chi connectivity index (χ2v) is 4.38. The van der Waals surface area contributed by atoms with Gasteiger partial charge >= 0.3 is 0 Å². The van der Waals surface area contributed by atoms with Gasteiger partial charge in [0.1, 0.15) is 11.6 Å². The molecule has 24 heavy (non-hydrogen) atoms. The summed E-state index contributed by atoms with van der Waals surface area (Å²) >= 11 is 0. The lowest BCUT2D eigenvalue weighted by molar-refractivity contribution is -0.385. The van der Waals surface area contributed by atoms with Crippen LogP contribution in [0.2, 0.25) is 0 Å². The van der Waals surface area contributed by atoms with E-state index in [1.807, 2.05) is 13.8 Å². The first-order chi connectivity index (χ1) is 11.4. The Hall–Kier alpha value is -3.16. The third-order valence-electron chi connectivity index (χ3n) is 2.82. The number of nitro groups is 1. The van der Waals surface area contributed by atoms with E-state index < -0.39 is 16.4 Å². The molecule has 0 saturated heterocycles. The fourth-order valence-electron chi connectivity index (χ4n) is 1.88. The Morgan fingerprint density at radius 3 is 2.46 bits per heavy atom. The van der Waals surface area contributed by atoms with Crippen molar-refractivity contribution in [1.29, 1.82) is 0 Å². The van der Waals surface area contributed by atoms with Gasteiger partial charge in [0.2, 0.25) is 5.91 Å². The van der Waals surface area contributed by atoms with Crippen molar-refractivity contribution in [2.24, 2.45) is 0 Å². The minimum atomic E-state index is -0.850. The highest BCUT2D eigenvalue weighted by atomic mass is 19.1. The molecule has 0 spiro atoms. The molecule has 0 saturated carbocycles. The summed E-state index contributed by atoms with van der Waals surface area (Å²) in [4.78, 5) is 35.9. The highest BCUT2D eigenvalue weighted by Crippen LogP contribution is 2.29. The molecule has 1 aromatic heterocycles. The molecule has 1 heterocycles. The van der Waals surface area contributed by atoms with Crippen molar-refractivity contribution in [2.75, 3.05) is 5.32 Å². The maximum atomic E-state index is 14.1. The number of nitrogens with zero attached hydrogens (tertiary/aromatic N) is 2. The van der Waals surface area contributed by atoms with Crippen molar-refractivity contribution in [3.05, 3.63) is 52.0 Å². The first kappa shape index (κ1) is 18.9. The third-order valence-corrected chi connectivity index (χ3v) is 2.82. The van der Waals surface area contributed by atoms with Crippen molar-refractivity contribution >= 4 is 23.7 Å². The average molecular weight is 333 g/mol. The number of pyridine rings is 1. The second kappa shape index (κ2) is 8.47. The quantitative estimate of drug-likeness (QED) is 0.523. The van der Waals surface area contributed by atoms with Crippen LogP contribution in [0.1, 0.15) is 31.1 Å². The smallest absolute Gasteiger partial charge is 0.272 e. The maximum absolute atomic E-state index is 14.1.